The van der Waals surface area contributed by atoms with Gasteiger partial charge in [0, 0.05) is 32.9 Å². The standard InChI is InChI=1S/C26H34N6O6/c1-26(2,3)38-25(37)27-13-14-32(17-23(34)35)22(33)16-28-24(36)20-15-19(31(4)5)11-12-21(20)30-29-18-9-7-6-8-10-18/h6-12,15H,13-14,16-17H2,1-5H3,(H,27,37)(H,28,36)(H,34,35). The van der Waals surface area contributed by atoms with E-state index in [1.165, 1.54) is 0 Å². The van der Waals surface area contributed by atoms with Crippen LogP contribution in [-0.4, -0.2) is 79.8 Å². The number of hydrogen-bond donors (Lipinski definition) is 3. The van der Waals surface area contributed by atoms with E-state index in [2.05, 4.69) is 20.9 Å². The molecule has 2 aromatic carbocycles. The number of azo groups is 1. The molecule has 0 aliphatic carbocycles. The van der Waals surface area contributed by atoms with E-state index in [1.54, 1.807) is 51.1 Å². The van der Waals surface area contributed by atoms with Crippen LogP contribution in [0.25, 0.3) is 0 Å². The average molecular weight is 527 g/mol. The number of carbonyl (C=O) groups excluding carboxylic acids is 3. The molecule has 12 heteroatoms. The molecule has 3 N–H and O–H groups in total. The van der Waals surface area contributed by atoms with Crippen LogP contribution in [0.2, 0.25) is 0 Å². The number of carbonyl (C=O) groups is 4. The molecule has 204 valence electrons. The lowest BCUT2D eigenvalue weighted by molar-refractivity contribution is -0.144. The highest BCUT2D eigenvalue weighted by Gasteiger charge is 2.21. The normalized spacial score (nSPS) is 11.1. The number of aliphatic carboxylic acids is 1. The molecule has 0 unspecified atom stereocenters. The molecule has 0 saturated heterocycles. The highest BCUT2D eigenvalue weighted by Crippen LogP contribution is 2.26. The molecule has 12 nitrogen and oxygen atoms in total. The van der Waals surface area contributed by atoms with Gasteiger partial charge in [-0.2, -0.15) is 5.11 Å². The third-order valence-electron chi connectivity index (χ3n) is 4.90. The molecule has 0 spiro atoms. The number of carboxylic acid groups (broad SMARTS) is 1. The molecule has 0 atom stereocenters. The van der Waals surface area contributed by atoms with Gasteiger partial charge < -0.3 is 30.3 Å². The number of amides is 3. The molecule has 3 amide bonds. The molecule has 0 aliphatic rings. The summed E-state index contributed by atoms with van der Waals surface area (Å²) in [7, 11) is 3.64. The molecule has 0 heterocycles. The van der Waals surface area contributed by atoms with Gasteiger partial charge in [-0.3, -0.25) is 14.4 Å². The van der Waals surface area contributed by atoms with Crippen molar-refractivity contribution in [1.82, 2.24) is 15.5 Å². The fraction of sp³-hybridized carbons (Fsp3) is 0.385. The lowest BCUT2D eigenvalue weighted by Gasteiger charge is -2.23. The molecule has 2 rings (SSSR count). The summed E-state index contributed by atoms with van der Waals surface area (Å²) in [6, 6.07) is 14.1. The van der Waals surface area contributed by atoms with Crippen molar-refractivity contribution in [2.45, 2.75) is 26.4 Å². The van der Waals surface area contributed by atoms with Crippen molar-refractivity contribution in [2.75, 3.05) is 45.2 Å². The van der Waals surface area contributed by atoms with Crippen LogP contribution >= 0.6 is 0 Å². The number of carboxylic acids is 1. The number of benzene rings is 2. The van der Waals surface area contributed by atoms with Gasteiger partial charge in [-0.05, 0) is 51.1 Å². The molecular formula is C26H34N6O6. The Morgan fingerprint density at radius 2 is 1.66 bits per heavy atom. The second kappa shape index (κ2) is 13.7. The van der Waals surface area contributed by atoms with Crippen LogP contribution in [0.4, 0.5) is 21.9 Å². The van der Waals surface area contributed by atoms with Crippen LogP contribution in [0.1, 0.15) is 31.1 Å². The summed E-state index contributed by atoms with van der Waals surface area (Å²) in [6.07, 6.45) is -0.688. The Kier molecular flexibility index (Phi) is 10.7. The first-order chi connectivity index (χ1) is 17.9. The minimum absolute atomic E-state index is 0.0310. The summed E-state index contributed by atoms with van der Waals surface area (Å²) in [5, 5.41) is 22.6. The molecule has 0 aromatic heterocycles. The summed E-state index contributed by atoms with van der Waals surface area (Å²) in [4.78, 5) is 51.7. The van der Waals surface area contributed by atoms with Crippen LogP contribution in [0.3, 0.4) is 0 Å². The summed E-state index contributed by atoms with van der Waals surface area (Å²) < 4.78 is 5.13. The molecule has 0 fully saturated rings. The van der Waals surface area contributed by atoms with E-state index in [1.807, 2.05) is 37.2 Å². The van der Waals surface area contributed by atoms with Crippen molar-refractivity contribution in [3.05, 3.63) is 54.1 Å². The van der Waals surface area contributed by atoms with Crippen molar-refractivity contribution in [3.63, 3.8) is 0 Å². The van der Waals surface area contributed by atoms with Crippen molar-refractivity contribution < 1.29 is 29.0 Å². The largest absolute Gasteiger partial charge is 0.480 e. The molecular weight excluding hydrogens is 492 g/mol. The van der Waals surface area contributed by atoms with Gasteiger partial charge >= 0.3 is 12.1 Å². The van der Waals surface area contributed by atoms with Crippen LogP contribution in [-0.2, 0) is 14.3 Å². The van der Waals surface area contributed by atoms with Gasteiger partial charge in [-0.25, -0.2) is 4.79 Å². The lowest BCUT2D eigenvalue weighted by atomic mass is 10.1. The summed E-state index contributed by atoms with van der Waals surface area (Å²) in [5.74, 6) is -2.45. The first kappa shape index (κ1) is 29.7. The fourth-order valence-electron chi connectivity index (χ4n) is 3.10. The van der Waals surface area contributed by atoms with Crippen molar-refractivity contribution in [3.8, 4) is 0 Å². The Labute approximate surface area is 221 Å². The summed E-state index contributed by atoms with van der Waals surface area (Å²) in [6.45, 7) is 3.94. The molecule has 0 aliphatic heterocycles. The maximum absolute atomic E-state index is 13.0. The van der Waals surface area contributed by atoms with E-state index in [4.69, 9.17) is 4.74 Å². The molecule has 2 aromatic rings. The Morgan fingerprint density at radius 3 is 2.26 bits per heavy atom. The number of nitrogens with one attached hydrogen (secondary N) is 2. The fourth-order valence-corrected chi connectivity index (χ4v) is 3.10. The maximum Gasteiger partial charge on any atom is 0.407 e. The van der Waals surface area contributed by atoms with Crippen LogP contribution in [0.5, 0.6) is 0 Å². The highest BCUT2D eigenvalue weighted by atomic mass is 16.6. The average Bonchev–Trinajstić information content (AvgIpc) is 2.84. The third-order valence-corrected chi connectivity index (χ3v) is 4.90. The molecule has 38 heavy (non-hydrogen) atoms. The number of hydrogen-bond acceptors (Lipinski definition) is 8. The predicted octanol–water partition coefficient (Wildman–Crippen LogP) is 3.34. The third kappa shape index (κ3) is 10.2. The molecule has 0 saturated carbocycles. The monoisotopic (exact) mass is 526 g/mol. The Hall–Kier alpha value is -4.48. The smallest absolute Gasteiger partial charge is 0.407 e. The van der Waals surface area contributed by atoms with Gasteiger partial charge in [0.25, 0.3) is 5.91 Å². The Balaban J connectivity index is 2.10. The van der Waals surface area contributed by atoms with E-state index in [-0.39, 0.29) is 18.7 Å². The number of nitrogens with zero attached hydrogens (tertiary/aromatic N) is 4. The van der Waals surface area contributed by atoms with Crippen molar-refractivity contribution in [2.24, 2.45) is 10.2 Å². The zero-order valence-corrected chi connectivity index (χ0v) is 22.2. The number of ether oxygens (including phenoxy) is 1. The van der Waals surface area contributed by atoms with E-state index in [0.717, 1.165) is 10.6 Å². The first-order valence-electron chi connectivity index (χ1n) is 11.9. The van der Waals surface area contributed by atoms with Crippen molar-refractivity contribution in [1.29, 1.82) is 0 Å². The van der Waals surface area contributed by atoms with Gasteiger partial charge in [0.2, 0.25) is 5.91 Å². The highest BCUT2D eigenvalue weighted by molar-refractivity contribution is 6.01. The van der Waals surface area contributed by atoms with E-state index < -0.39 is 42.6 Å². The van der Waals surface area contributed by atoms with Gasteiger partial charge in [-0.15, -0.1) is 5.11 Å². The SMILES string of the molecule is CN(C)c1ccc(N=Nc2ccccc2)c(C(=O)NCC(=O)N(CCNC(=O)OC(C)(C)C)CC(=O)O)c1. The van der Waals surface area contributed by atoms with E-state index in [0.29, 0.717) is 11.4 Å². The van der Waals surface area contributed by atoms with Crippen LogP contribution < -0.4 is 15.5 Å². The first-order valence-corrected chi connectivity index (χ1v) is 11.9. The van der Waals surface area contributed by atoms with Gasteiger partial charge in [0.05, 0.1) is 23.5 Å². The minimum Gasteiger partial charge on any atom is -0.480 e. The zero-order chi connectivity index (χ0) is 28.3. The molecule has 0 bridgehead atoms. The van der Waals surface area contributed by atoms with E-state index in [9.17, 15) is 24.3 Å². The number of rotatable bonds is 11. The number of alkyl carbamates (subject to hydrolysis) is 1. The van der Waals surface area contributed by atoms with Crippen LogP contribution in [0.15, 0.2) is 58.8 Å². The topological polar surface area (TPSA) is 153 Å². The quantitative estimate of drug-likeness (QED) is 0.380. The van der Waals surface area contributed by atoms with E-state index >= 15 is 0 Å². The van der Waals surface area contributed by atoms with Gasteiger partial charge in [0.1, 0.15) is 12.1 Å². The van der Waals surface area contributed by atoms with Crippen LogP contribution in [0, 0.1) is 0 Å². The number of anilines is 1. The summed E-state index contributed by atoms with van der Waals surface area (Å²) in [5.41, 5.74) is 1.14. The Morgan fingerprint density at radius 1 is 0.974 bits per heavy atom. The molecule has 0 radical (unpaired) electrons. The predicted molar refractivity (Wildman–Crippen MR) is 142 cm³/mol. The second-order valence-electron chi connectivity index (χ2n) is 9.45. The van der Waals surface area contributed by atoms with Gasteiger partial charge in [0.15, 0.2) is 0 Å². The Bertz CT molecular complexity index is 1160. The minimum atomic E-state index is -1.23. The zero-order valence-electron chi connectivity index (χ0n) is 22.2. The van der Waals surface area contributed by atoms with Crippen molar-refractivity contribution >= 4 is 40.9 Å². The lowest BCUT2D eigenvalue weighted by Crippen LogP contribution is -2.46. The second-order valence-corrected chi connectivity index (χ2v) is 9.45. The maximum atomic E-state index is 13.0. The summed E-state index contributed by atoms with van der Waals surface area (Å²) >= 11 is 0. The van der Waals surface area contributed by atoms with Gasteiger partial charge in [-0.1, -0.05) is 18.2 Å².